The number of aromatic nitrogens is 1. The summed E-state index contributed by atoms with van der Waals surface area (Å²) in [5.74, 6) is -3.20. The summed E-state index contributed by atoms with van der Waals surface area (Å²) in [5.41, 5.74) is -0.243. The zero-order chi connectivity index (χ0) is 14.6. The van der Waals surface area contributed by atoms with Crippen molar-refractivity contribution in [2.75, 3.05) is 7.11 Å². The molecule has 1 aromatic heterocycles. The SMILES string of the molecule is COC(=O)Cc1c(CBr)ncc(F)c1OC(F)(F)F. The molecule has 0 amide bonds. The van der Waals surface area contributed by atoms with E-state index in [9.17, 15) is 22.4 Å². The number of ether oxygens (including phenoxy) is 2. The molecular weight excluding hydrogens is 338 g/mol. The molecule has 0 saturated heterocycles. The minimum Gasteiger partial charge on any atom is -0.469 e. The van der Waals surface area contributed by atoms with Crippen LogP contribution in [-0.2, 0) is 21.3 Å². The van der Waals surface area contributed by atoms with Crippen LogP contribution in [0.4, 0.5) is 17.6 Å². The summed E-state index contributed by atoms with van der Waals surface area (Å²) < 4.78 is 58.0. The zero-order valence-corrected chi connectivity index (χ0v) is 11.1. The monoisotopic (exact) mass is 345 g/mol. The number of alkyl halides is 4. The maximum atomic E-state index is 13.4. The van der Waals surface area contributed by atoms with E-state index in [1.165, 1.54) is 0 Å². The number of carbonyl (C=O) groups is 1. The van der Waals surface area contributed by atoms with Gasteiger partial charge in [0.2, 0.25) is 0 Å². The standard InChI is InChI=1S/C10H8BrF4NO3/c1-18-8(17)2-5-7(3-11)16-4-6(12)9(5)19-10(13,14)15/h4H,2-3H2,1H3. The predicted molar refractivity (Wildman–Crippen MR) is 59.2 cm³/mol. The molecule has 19 heavy (non-hydrogen) atoms. The van der Waals surface area contributed by atoms with Crippen LogP contribution in [0.3, 0.4) is 0 Å². The fourth-order valence-electron chi connectivity index (χ4n) is 1.29. The van der Waals surface area contributed by atoms with Gasteiger partial charge in [-0.05, 0) is 0 Å². The zero-order valence-electron chi connectivity index (χ0n) is 9.55. The van der Waals surface area contributed by atoms with Crippen LogP contribution in [0.25, 0.3) is 0 Å². The number of pyridine rings is 1. The lowest BCUT2D eigenvalue weighted by atomic mass is 10.1. The molecule has 0 aliphatic heterocycles. The van der Waals surface area contributed by atoms with Gasteiger partial charge in [-0.1, -0.05) is 15.9 Å². The highest BCUT2D eigenvalue weighted by atomic mass is 79.9. The Morgan fingerprint density at radius 2 is 2.11 bits per heavy atom. The van der Waals surface area contributed by atoms with Crippen molar-refractivity contribution in [2.24, 2.45) is 0 Å². The van der Waals surface area contributed by atoms with Crippen LogP contribution in [0.2, 0.25) is 0 Å². The summed E-state index contributed by atoms with van der Waals surface area (Å²) in [6, 6.07) is 0. The third-order valence-corrected chi connectivity index (χ3v) is 2.60. The Bertz CT molecular complexity index is 479. The van der Waals surface area contributed by atoms with Crippen molar-refractivity contribution >= 4 is 21.9 Å². The smallest absolute Gasteiger partial charge is 0.469 e. The van der Waals surface area contributed by atoms with Gasteiger partial charge in [-0.2, -0.15) is 0 Å². The second-order valence-electron chi connectivity index (χ2n) is 3.29. The van der Waals surface area contributed by atoms with Gasteiger partial charge in [0.25, 0.3) is 0 Å². The molecule has 0 saturated carbocycles. The van der Waals surface area contributed by atoms with Crippen molar-refractivity contribution in [3.63, 3.8) is 0 Å². The number of hydrogen-bond acceptors (Lipinski definition) is 4. The second-order valence-corrected chi connectivity index (χ2v) is 3.86. The Morgan fingerprint density at radius 3 is 2.58 bits per heavy atom. The van der Waals surface area contributed by atoms with Crippen LogP contribution in [0.5, 0.6) is 5.75 Å². The summed E-state index contributed by atoms with van der Waals surface area (Å²) in [6.45, 7) is 0. The fourth-order valence-corrected chi connectivity index (χ4v) is 1.77. The highest BCUT2D eigenvalue weighted by molar-refractivity contribution is 9.08. The van der Waals surface area contributed by atoms with Gasteiger partial charge in [0.1, 0.15) is 0 Å². The fraction of sp³-hybridized carbons (Fsp3) is 0.400. The molecule has 0 radical (unpaired) electrons. The van der Waals surface area contributed by atoms with Gasteiger partial charge in [0.15, 0.2) is 11.6 Å². The molecule has 0 aliphatic carbocycles. The van der Waals surface area contributed by atoms with Crippen LogP contribution in [0.1, 0.15) is 11.3 Å². The molecule has 0 spiro atoms. The molecule has 4 nitrogen and oxygen atoms in total. The normalized spacial score (nSPS) is 11.3. The number of methoxy groups -OCH3 is 1. The van der Waals surface area contributed by atoms with Gasteiger partial charge >= 0.3 is 12.3 Å². The number of rotatable bonds is 4. The summed E-state index contributed by atoms with van der Waals surface area (Å²) in [7, 11) is 1.06. The lowest BCUT2D eigenvalue weighted by Gasteiger charge is -2.15. The molecule has 0 atom stereocenters. The maximum Gasteiger partial charge on any atom is 0.573 e. The first-order valence-electron chi connectivity index (χ1n) is 4.83. The Hall–Kier alpha value is -1.38. The molecule has 0 bridgehead atoms. The van der Waals surface area contributed by atoms with Crippen LogP contribution in [-0.4, -0.2) is 24.4 Å². The Labute approximate surface area is 113 Å². The second kappa shape index (κ2) is 6.18. The van der Waals surface area contributed by atoms with Crippen molar-refractivity contribution in [2.45, 2.75) is 18.1 Å². The maximum absolute atomic E-state index is 13.4. The third-order valence-electron chi connectivity index (χ3n) is 2.07. The van der Waals surface area contributed by atoms with Crippen LogP contribution < -0.4 is 4.74 Å². The van der Waals surface area contributed by atoms with E-state index in [1.54, 1.807) is 0 Å². The lowest BCUT2D eigenvalue weighted by molar-refractivity contribution is -0.276. The average Bonchev–Trinajstić information content (AvgIpc) is 2.32. The van der Waals surface area contributed by atoms with Gasteiger partial charge in [0, 0.05) is 10.9 Å². The van der Waals surface area contributed by atoms with E-state index in [2.05, 4.69) is 30.4 Å². The van der Waals surface area contributed by atoms with Gasteiger partial charge < -0.3 is 9.47 Å². The van der Waals surface area contributed by atoms with Crippen molar-refractivity contribution in [3.8, 4) is 5.75 Å². The molecule has 106 valence electrons. The van der Waals surface area contributed by atoms with Crippen LogP contribution >= 0.6 is 15.9 Å². The molecule has 0 fully saturated rings. The van der Waals surface area contributed by atoms with Gasteiger partial charge in [-0.15, -0.1) is 13.2 Å². The van der Waals surface area contributed by atoms with E-state index < -0.39 is 30.3 Å². The van der Waals surface area contributed by atoms with E-state index in [-0.39, 0.29) is 16.6 Å². The molecule has 1 heterocycles. The highest BCUT2D eigenvalue weighted by Crippen LogP contribution is 2.31. The lowest BCUT2D eigenvalue weighted by Crippen LogP contribution is -2.21. The van der Waals surface area contributed by atoms with Crippen molar-refractivity contribution in [3.05, 3.63) is 23.3 Å². The first-order chi connectivity index (χ1) is 8.78. The van der Waals surface area contributed by atoms with Crippen molar-refractivity contribution in [1.29, 1.82) is 0 Å². The Morgan fingerprint density at radius 1 is 1.47 bits per heavy atom. The molecule has 1 rings (SSSR count). The van der Waals surface area contributed by atoms with E-state index >= 15 is 0 Å². The molecule has 0 unspecified atom stereocenters. The van der Waals surface area contributed by atoms with E-state index in [0.29, 0.717) is 6.20 Å². The quantitative estimate of drug-likeness (QED) is 0.478. The first-order valence-corrected chi connectivity index (χ1v) is 5.95. The molecule has 1 aromatic rings. The molecule has 0 aliphatic rings. The van der Waals surface area contributed by atoms with E-state index in [4.69, 9.17) is 0 Å². The van der Waals surface area contributed by atoms with Gasteiger partial charge in [0.05, 0.1) is 25.4 Å². The summed E-state index contributed by atoms with van der Waals surface area (Å²) in [4.78, 5) is 14.8. The largest absolute Gasteiger partial charge is 0.573 e. The highest BCUT2D eigenvalue weighted by Gasteiger charge is 2.34. The minimum atomic E-state index is -5.07. The number of hydrogen-bond donors (Lipinski definition) is 0. The van der Waals surface area contributed by atoms with E-state index in [1.807, 2.05) is 0 Å². The molecule has 9 heteroatoms. The topological polar surface area (TPSA) is 48.4 Å². The first kappa shape index (κ1) is 15.7. The number of halogens is 5. The summed E-state index contributed by atoms with van der Waals surface area (Å²) >= 11 is 2.98. The Balaban J connectivity index is 3.28. The summed E-state index contributed by atoms with van der Waals surface area (Å²) in [6.07, 6.45) is -5.05. The van der Waals surface area contributed by atoms with Gasteiger partial charge in [-0.3, -0.25) is 9.78 Å². The van der Waals surface area contributed by atoms with Gasteiger partial charge in [-0.25, -0.2) is 4.39 Å². The summed E-state index contributed by atoms with van der Waals surface area (Å²) in [5, 5.41) is 0.0355. The number of carbonyl (C=O) groups excluding carboxylic acids is 1. The number of nitrogens with zero attached hydrogens (tertiary/aromatic N) is 1. The average molecular weight is 346 g/mol. The Kier molecular flexibility index (Phi) is 5.10. The predicted octanol–water partition coefficient (Wildman–Crippen LogP) is 2.73. The molecule has 0 N–H and O–H groups in total. The minimum absolute atomic E-state index is 0.0355. The van der Waals surface area contributed by atoms with E-state index in [0.717, 1.165) is 7.11 Å². The van der Waals surface area contributed by atoms with Crippen molar-refractivity contribution < 1.29 is 31.8 Å². The molecule has 0 aromatic carbocycles. The number of esters is 1. The van der Waals surface area contributed by atoms with Crippen LogP contribution in [0, 0.1) is 5.82 Å². The molecular formula is C10H8BrF4NO3. The van der Waals surface area contributed by atoms with Crippen molar-refractivity contribution in [1.82, 2.24) is 4.98 Å². The third kappa shape index (κ3) is 4.34. The van der Waals surface area contributed by atoms with Crippen LogP contribution in [0.15, 0.2) is 6.20 Å².